The number of phenols is 1. The van der Waals surface area contributed by atoms with Crippen LogP contribution in [0.25, 0.3) is 0 Å². The Morgan fingerprint density at radius 1 is 1.17 bits per heavy atom. The highest BCUT2D eigenvalue weighted by atomic mass is 16.5. The highest BCUT2D eigenvalue weighted by Crippen LogP contribution is 2.29. The van der Waals surface area contributed by atoms with E-state index in [0.29, 0.717) is 18.3 Å². The molecule has 0 saturated carbocycles. The zero-order chi connectivity index (χ0) is 17.4. The SMILES string of the molecule is CCNC(=NCc1cccc(OC)c1O)NC(C)c1ccccc1. The lowest BCUT2D eigenvalue weighted by molar-refractivity contribution is 0.370. The van der Waals surface area contributed by atoms with Gasteiger partial charge in [0.05, 0.1) is 19.7 Å². The van der Waals surface area contributed by atoms with E-state index < -0.39 is 0 Å². The third-order valence-electron chi connectivity index (χ3n) is 3.71. The highest BCUT2D eigenvalue weighted by molar-refractivity contribution is 5.80. The van der Waals surface area contributed by atoms with Crippen molar-refractivity contribution in [3.8, 4) is 11.5 Å². The number of aromatic hydroxyl groups is 1. The maximum Gasteiger partial charge on any atom is 0.192 e. The molecule has 0 aromatic heterocycles. The van der Waals surface area contributed by atoms with E-state index in [2.05, 4.69) is 34.7 Å². The predicted molar refractivity (Wildman–Crippen MR) is 97.5 cm³/mol. The van der Waals surface area contributed by atoms with Gasteiger partial charge in [0.15, 0.2) is 17.5 Å². The molecule has 5 nitrogen and oxygen atoms in total. The van der Waals surface area contributed by atoms with Gasteiger partial charge in [0, 0.05) is 12.1 Å². The van der Waals surface area contributed by atoms with Crippen molar-refractivity contribution < 1.29 is 9.84 Å². The second kappa shape index (κ2) is 8.82. The van der Waals surface area contributed by atoms with Gasteiger partial charge in [-0.2, -0.15) is 0 Å². The number of phenolic OH excluding ortho intramolecular Hbond substituents is 1. The van der Waals surface area contributed by atoms with Crippen molar-refractivity contribution in [3.05, 3.63) is 59.7 Å². The number of hydrogen-bond acceptors (Lipinski definition) is 3. The quantitative estimate of drug-likeness (QED) is 0.563. The third-order valence-corrected chi connectivity index (χ3v) is 3.71. The summed E-state index contributed by atoms with van der Waals surface area (Å²) in [4.78, 5) is 4.56. The Hall–Kier alpha value is -2.69. The molecule has 3 N–H and O–H groups in total. The minimum atomic E-state index is 0.128. The van der Waals surface area contributed by atoms with Gasteiger partial charge in [-0.1, -0.05) is 42.5 Å². The van der Waals surface area contributed by atoms with Gasteiger partial charge < -0.3 is 20.5 Å². The number of nitrogens with one attached hydrogen (secondary N) is 2. The first kappa shape index (κ1) is 17.7. The molecular formula is C19H25N3O2. The number of nitrogens with zero attached hydrogens (tertiary/aromatic N) is 1. The van der Waals surface area contributed by atoms with Crippen LogP contribution in [0.3, 0.4) is 0 Å². The van der Waals surface area contributed by atoms with Crippen LogP contribution in [0.1, 0.15) is 31.0 Å². The van der Waals surface area contributed by atoms with E-state index in [1.165, 1.54) is 12.7 Å². The lowest BCUT2D eigenvalue weighted by Gasteiger charge is -2.18. The number of guanidine groups is 1. The summed E-state index contributed by atoms with van der Waals surface area (Å²) in [6, 6.07) is 15.7. The number of hydrogen-bond donors (Lipinski definition) is 3. The molecular weight excluding hydrogens is 302 g/mol. The first-order valence-electron chi connectivity index (χ1n) is 8.10. The molecule has 0 aliphatic carbocycles. The lowest BCUT2D eigenvalue weighted by atomic mass is 10.1. The van der Waals surface area contributed by atoms with Gasteiger partial charge in [-0.15, -0.1) is 0 Å². The van der Waals surface area contributed by atoms with E-state index in [-0.39, 0.29) is 11.8 Å². The summed E-state index contributed by atoms with van der Waals surface area (Å²) >= 11 is 0. The van der Waals surface area contributed by atoms with Gasteiger partial charge in [0.25, 0.3) is 0 Å². The molecule has 2 aromatic rings. The summed E-state index contributed by atoms with van der Waals surface area (Å²) in [6.07, 6.45) is 0. The second-order valence-corrected chi connectivity index (χ2v) is 5.44. The maximum atomic E-state index is 10.2. The first-order chi connectivity index (χ1) is 11.7. The number of para-hydroxylation sites is 1. The fourth-order valence-corrected chi connectivity index (χ4v) is 2.37. The van der Waals surface area contributed by atoms with Gasteiger partial charge in [0.1, 0.15) is 0 Å². The maximum absolute atomic E-state index is 10.2. The molecule has 0 fully saturated rings. The van der Waals surface area contributed by atoms with Gasteiger partial charge in [-0.3, -0.25) is 0 Å². The molecule has 0 radical (unpaired) electrons. The molecule has 0 aliphatic rings. The highest BCUT2D eigenvalue weighted by Gasteiger charge is 2.09. The molecule has 0 saturated heterocycles. The summed E-state index contributed by atoms with van der Waals surface area (Å²) in [5.41, 5.74) is 1.91. The van der Waals surface area contributed by atoms with E-state index in [1.54, 1.807) is 6.07 Å². The summed E-state index contributed by atoms with van der Waals surface area (Å²) < 4.78 is 5.13. The zero-order valence-electron chi connectivity index (χ0n) is 14.4. The smallest absolute Gasteiger partial charge is 0.192 e. The van der Waals surface area contributed by atoms with Crippen LogP contribution in [0.5, 0.6) is 11.5 Å². The van der Waals surface area contributed by atoms with E-state index in [0.717, 1.165) is 12.1 Å². The van der Waals surface area contributed by atoms with Crippen molar-refractivity contribution in [3.63, 3.8) is 0 Å². The Balaban J connectivity index is 2.11. The number of aliphatic imine (C=N–C) groups is 1. The van der Waals surface area contributed by atoms with Crippen LogP contribution in [-0.4, -0.2) is 24.7 Å². The summed E-state index contributed by atoms with van der Waals surface area (Å²) in [6.45, 7) is 5.23. The molecule has 128 valence electrons. The van der Waals surface area contributed by atoms with E-state index in [1.807, 2.05) is 37.3 Å². The van der Waals surface area contributed by atoms with Crippen molar-refractivity contribution in [1.82, 2.24) is 10.6 Å². The van der Waals surface area contributed by atoms with Crippen LogP contribution in [0.15, 0.2) is 53.5 Å². The second-order valence-electron chi connectivity index (χ2n) is 5.44. The van der Waals surface area contributed by atoms with E-state index in [4.69, 9.17) is 4.74 Å². The minimum absolute atomic E-state index is 0.128. The molecule has 0 heterocycles. The van der Waals surface area contributed by atoms with Crippen LogP contribution in [-0.2, 0) is 6.54 Å². The van der Waals surface area contributed by atoms with Crippen LogP contribution >= 0.6 is 0 Å². The minimum Gasteiger partial charge on any atom is -0.504 e. The fourth-order valence-electron chi connectivity index (χ4n) is 2.37. The van der Waals surface area contributed by atoms with E-state index in [9.17, 15) is 5.11 Å². The zero-order valence-corrected chi connectivity index (χ0v) is 14.4. The summed E-state index contributed by atoms with van der Waals surface area (Å²) in [5.74, 6) is 1.30. The third kappa shape index (κ3) is 4.65. The van der Waals surface area contributed by atoms with Crippen molar-refractivity contribution >= 4 is 5.96 Å². The topological polar surface area (TPSA) is 65.9 Å². The Bertz CT molecular complexity index is 672. The molecule has 5 heteroatoms. The molecule has 1 unspecified atom stereocenters. The van der Waals surface area contributed by atoms with Crippen molar-refractivity contribution in [2.45, 2.75) is 26.4 Å². The Morgan fingerprint density at radius 3 is 2.58 bits per heavy atom. The molecule has 0 spiro atoms. The van der Waals surface area contributed by atoms with Crippen LogP contribution in [0, 0.1) is 0 Å². The number of rotatable bonds is 6. The first-order valence-corrected chi connectivity index (χ1v) is 8.10. The number of ether oxygens (including phenoxy) is 1. The Labute approximate surface area is 143 Å². The number of methoxy groups -OCH3 is 1. The molecule has 24 heavy (non-hydrogen) atoms. The van der Waals surface area contributed by atoms with Crippen molar-refractivity contribution in [1.29, 1.82) is 0 Å². The van der Waals surface area contributed by atoms with Crippen LogP contribution in [0.4, 0.5) is 0 Å². The van der Waals surface area contributed by atoms with Gasteiger partial charge >= 0.3 is 0 Å². The molecule has 0 bridgehead atoms. The summed E-state index contributed by atoms with van der Waals surface area (Å²) in [5, 5.41) is 16.8. The molecule has 0 amide bonds. The Morgan fingerprint density at radius 2 is 1.92 bits per heavy atom. The van der Waals surface area contributed by atoms with Crippen LogP contribution in [0.2, 0.25) is 0 Å². The fraction of sp³-hybridized carbons (Fsp3) is 0.316. The average molecular weight is 327 g/mol. The van der Waals surface area contributed by atoms with Crippen molar-refractivity contribution in [2.24, 2.45) is 4.99 Å². The monoisotopic (exact) mass is 327 g/mol. The average Bonchev–Trinajstić information content (AvgIpc) is 2.61. The normalized spacial score (nSPS) is 12.5. The van der Waals surface area contributed by atoms with Gasteiger partial charge in [0.2, 0.25) is 0 Å². The molecule has 0 aliphatic heterocycles. The van der Waals surface area contributed by atoms with Crippen molar-refractivity contribution in [2.75, 3.05) is 13.7 Å². The van der Waals surface area contributed by atoms with E-state index >= 15 is 0 Å². The molecule has 1 atom stereocenters. The van der Waals surface area contributed by atoms with Gasteiger partial charge in [-0.05, 0) is 25.5 Å². The molecule has 2 aromatic carbocycles. The Kier molecular flexibility index (Phi) is 6.49. The largest absolute Gasteiger partial charge is 0.504 e. The lowest BCUT2D eigenvalue weighted by Crippen LogP contribution is -2.38. The predicted octanol–water partition coefficient (Wildman–Crippen LogP) is 3.22. The van der Waals surface area contributed by atoms with Gasteiger partial charge in [-0.25, -0.2) is 4.99 Å². The number of benzene rings is 2. The summed E-state index contributed by atoms with van der Waals surface area (Å²) in [7, 11) is 1.54. The van der Waals surface area contributed by atoms with Crippen LogP contribution < -0.4 is 15.4 Å². The molecule has 2 rings (SSSR count). The standard InChI is InChI=1S/C19H25N3O2/c1-4-20-19(22-14(2)15-9-6-5-7-10-15)21-13-16-11-8-12-17(24-3)18(16)23/h5-12,14,23H,4,13H2,1-3H3,(H2,20,21,22).